The Kier molecular flexibility index (Phi) is 7.14. The second-order valence-corrected chi connectivity index (χ2v) is 12.3. The quantitative estimate of drug-likeness (QED) is 0.191. The monoisotopic (exact) mass is 625 g/mol. The number of para-hydroxylation sites is 1. The van der Waals surface area contributed by atoms with Crippen molar-refractivity contribution >= 4 is 17.1 Å². The fraction of sp³-hybridized carbons (Fsp3) is 0. The van der Waals surface area contributed by atoms with E-state index in [0.717, 1.165) is 67.4 Å². The van der Waals surface area contributed by atoms with Crippen LogP contribution in [0.5, 0.6) is 0 Å². The van der Waals surface area contributed by atoms with Crippen molar-refractivity contribution in [2.45, 2.75) is 0 Å². The van der Waals surface area contributed by atoms with Gasteiger partial charge in [0, 0.05) is 33.8 Å². The molecule has 230 valence electrons. The first-order valence-corrected chi connectivity index (χ1v) is 16.6. The highest BCUT2D eigenvalue weighted by Gasteiger charge is 2.17. The van der Waals surface area contributed by atoms with Crippen molar-refractivity contribution in [3.8, 4) is 67.3 Å². The number of hydrogen-bond donors (Lipinski definition) is 0. The van der Waals surface area contributed by atoms with Crippen LogP contribution in [0.2, 0.25) is 0 Å². The van der Waals surface area contributed by atoms with Gasteiger partial charge in [0.05, 0.1) is 11.4 Å². The number of rotatable bonds is 2. The molecule has 3 nitrogen and oxygen atoms in total. The summed E-state index contributed by atoms with van der Waals surface area (Å²) in [7, 11) is 0. The average molecular weight is 626 g/mol. The average Bonchev–Trinajstić information content (AvgIpc) is 3.19. The molecule has 1 aromatic heterocycles. The molecule has 0 fully saturated rings. The van der Waals surface area contributed by atoms with Gasteiger partial charge in [0.1, 0.15) is 0 Å². The van der Waals surface area contributed by atoms with Crippen molar-refractivity contribution in [2.24, 2.45) is 0 Å². The van der Waals surface area contributed by atoms with Crippen molar-refractivity contribution < 1.29 is 0 Å². The molecule has 0 atom stereocenters. The van der Waals surface area contributed by atoms with Gasteiger partial charge in [0.25, 0.3) is 0 Å². The Labute approximate surface area is 286 Å². The highest BCUT2D eigenvalue weighted by atomic mass is 15.1. The minimum absolute atomic E-state index is 0.698. The van der Waals surface area contributed by atoms with E-state index >= 15 is 0 Å². The van der Waals surface area contributed by atoms with Crippen LogP contribution >= 0.6 is 0 Å². The molecule has 0 aliphatic carbocycles. The summed E-state index contributed by atoms with van der Waals surface area (Å²) >= 11 is 0. The van der Waals surface area contributed by atoms with Crippen molar-refractivity contribution in [1.82, 2.24) is 9.97 Å². The van der Waals surface area contributed by atoms with Crippen LogP contribution in [0.1, 0.15) is 0 Å². The Morgan fingerprint density at radius 2 is 0.735 bits per heavy atom. The third kappa shape index (κ3) is 5.48. The van der Waals surface area contributed by atoms with E-state index in [1.165, 1.54) is 11.1 Å². The fourth-order valence-corrected chi connectivity index (χ4v) is 6.79. The smallest absolute Gasteiger partial charge is 0.160 e. The molecule has 0 saturated heterocycles. The zero-order chi connectivity index (χ0) is 32.6. The van der Waals surface area contributed by atoms with Crippen LogP contribution in [0.15, 0.2) is 188 Å². The Morgan fingerprint density at radius 1 is 0.286 bits per heavy atom. The molecule has 49 heavy (non-hydrogen) atoms. The van der Waals surface area contributed by atoms with E-state index < -0.39 is 0 Å². The Morgan fingerprint density at radius 3 is 1.43 bits per heavy atom. The lowest BCUT2D eigenvalue weighted by molar-refractivity contribution is 1.18. The summed E-state index contributed by atoms with van der Waals surface area (Å²) in [6.07, 6.45) is 0. The summed E-state index contributed by atoms with van der Waals surface area (Å²) in [6, 6.07) is 66.7. The molecular formula is C46H31N3. The van der Waals surface area contributed by atoms with E-state index in [9.17, 15) is 0 Å². The lowest BCUT2D eigenvalue weighted by atomic mass is 9.93. The number of aromatic nitrogens is 2. The summed E-state index contributed by atoms with van der Waals surface area (Å²) in [5.74, 6) is 0.698. The zero-order valence-electron chi connectivity index (χ0n) is 26.7. The van der Waals surface area contributed by atoms with Gasteiger partial charge < -0.3 is 4.90 Å². The Bertz CT molecular complexity index is 2430. The maximum Gasteiger partial charge on any atom is 0.160 e. The standard InChI is InChI=1S/C46H31N3/c1-3-12-33(13-4-1)44-31-45-34-26-24-32(25-27-34)42-22-7-8-23-43(42)37-16-11-21-41(30-37)49(39-18-5-2-6-19-39)40-20-10-15-36(29-40)35-14-9-17-38(28-35)46(47-44)48-45/h1-31H. The molecule has 0 unspecified atom stereocenters. The van der Waals surface area contributed by atoms with Crippen molar-refractivity contribution in [1.29, 1.82) is 0 Å². The maximum absolute atomic E-state index is 5.16. The number of anilines is 3. The molecule has 3 heterocycles. The molecule has 7 aromatic carbocycles. The lowest BCUT2D eigenvalue weighted by Gasteiger charge is -2.26. The van der Waals surface area contributed by atoms with E-state index in [4.69, 9.17) is 9.97 Å². The first-order chi connectivity index (χ1) is 24.3. The van der Waals surface area contributed by atoms with Gasteiger partial charge >= 0.3 is 0 Å². The van der Waals surface area contributed by atoms with E-state index in [2.05, 4.69) is 187 Å². The molecular weight excluding hydrogens is 595 g/mol. The molecule has 0 amide bonds. The minimum Gasteiger partial charge on any atom is -0.310 e. The first-order valence-electron chi connectivity index (χ1n) is 16.6. The summed E-state index contributed by atoms with van der Waals surface area (Å²) < 4.78 is 0. The molecule has 2 aliphatic rings. The number of fused-ring (bicyclic) bond motifs is 2. The summed E-state index contributed by atoms with van der Waals surface area (Å²) in [6.45, 7) is 0. The van der Waals surface area contributed by atoms with Gasteiger partial charge in [0.15, 0.2) is 5.82 Å². The minimum atomic E-state index is 0.698. The van der Waals surface area contributed by atoms with Crippen LogP contribution < -0.4 is 4.90 Å². The van der Waals surface area contributed by atoms with Crippen molar-refractivity contribution in [2.75, 3.05) is 4.90 Å². The van der Waals surface area contributed by atoms with Gasteiger partial charge in [-0.05, 0) is 81.9 Å². The maximum atomic E-state index is 5.16. The summed E-state index contributed by atoms with van der Waals surface area (Å²) in [5, 5.41) is 0. The molecule has 3 heteroatoms. The SMILES string of the molecule is c1ccc(-c2cc3nc(n2)-c2cccc(c2)-c2cccc(c2)N(c2ccccc2)c2cccc(c2)-c2ccccc2-c2ccc-3cc2)cc1. The third-order valence-electron chi connectivity index (χ3n) is 9.20. The molecule has 10 rings (SSSR count). The first kappa shape index (κ1) is 28.6. The molecule has 0 radical (unpaired) electrons. The summed E-state index contributed by atoms with van der Waals surface area (Å²) in [4.78, 5) is 12.6. The van der Waals surface area contributed by atoms with Gasteiger partial charge in [-0.15, -0.1) is 0 Å². The molecule has 0 saturated carbocycles. The number of benzene rings is 7. The van der Waals surface area contributed by atoms with Crippen LogP contribution in [0, 0.1) is 0 Å². The Hall–Kier alpha value is -6.58. The number of nitrogens with zero attached hydrogens (tertiary/aromatic N) is 3. The van der Waals surface area contributed by atoms with Crippen LogP contribution in [0.3, 0.4) is 0 Å². The van der Waals surface area contributed by atoms with Gasteiger partial charge in [-0.25, -0.2) is 9.97 Å². The van der Waals surface area contributed by atoms with Crippen LogP contribution in [-0.2, 0) is 0 Å². The van der Waals surface area contributed by atoms with Gasteiger partial charge in [-0.3, -0.25) is 0 Å². The second kappa shape index (κ2) is 12.2. The van der Waals surface area contributed by atoms with Gasteiger partial charge in [-0.2, -0.15) is 0 Å². The largest absolute Gasteiger partial charge is 0.310 e. The highest BCUT2D eigenvalue weighted by Crippen LogP contribution is 2.41. The van der Waals surface area contributed by atoms with E-state index in [1.807, 2.05) is 6.07 Å². The Balaban J connectivity index is 1.31. The molecule has 0 N–H and O–H groups in total. The third-order valence-corrected chi connectivity index (χ3v) is 9.20. The van der Waals surface area contributed by atoms with E-state index in [1.54, 1.807) is 0 Å². The highest BCUT2D eigenvalue weighted by molar-refractivity contribution is 5.88. The number of hydrogen-bond acceptors (Lipinski definition) is 3. The lowest BCUT2D eigenvalue weighted by Crippen LogP contribution is -2.10. The fourth-order valence-electron chi connectivity index (χ4n) is 6.79. The van der Waals surface area contributed by atoms with Crippen LogP contribution in [-0.4, -0.2) is 9.97 Å². The van der Waals surface area contributed by atoms with E-state index in [0.29, 0.717) is 5.82 Å². The molecule has 10 bridgehead atoms. The van der Waals surface area contributed by atoms with Crippen molar-refractivity contribution in [3.63, 3.8) is 0 Å². The van der Waals surface area contributed by atoms with Gasteiger partial charge in [0.2, 0.25) is 0 Å². The van der Waals surface area contributed by atoms with Crippen LogP contribution in [0.25, 0.3) is 67.3 Å². The van der Waals surface area contributed by atoms with Crippen LogP contribution in [0.4, 0.5) is 17.1 Å². The predicted molar refractivity (Wildman–Crippen MR) is 203 cm³/mol. The van der Waals surface area contributed by atoms with E-state index in [-0.39, 0.29) is 0 Å². The zero-order valence-corrected chi connectivity index (χ0v) is 26.7. The second-order valence-electron chi connectivity index (χ2n) is 12.3. The van der Waals surface area contributed by atoms with Gasteiger partial charge in [-0.1, -0.05) is 140 Å². The molecule has 2 aliphatic heterocycles. The predicted octanol–water partition coefficient (Wildman–Crippen LogP) is 12.3. The normalized spacial score (nSPS) is 11.6. The van der Waals surface area contributed by atoms with Crippen molar-refractivity contribution in [3.05, 3.63) is 188 Å². The molecule has 0 spiro atoms. The topological polar surface area (TPSA) is 29.0 Å². The molecule has 8 aromatic rings. The summed E-state index contributed by atoms with van der Waals surface area (Å²) in [5.41, 5.74) is 15.0.